The van der Waals surface area contributed by atoms with Crippen molar-refractivity contribution in [1.82, 2.24) is 9.97 Å². The number of benzene rings is 2. The number of aliphatic hydroxyl groups is 1. The van der Waals surface area contributed by atoms with Crippen LogP contribution in [0.3, 0.4) is 0 Å². The van der Waals surface area contributed by atoms with Crippen molar-refractivity contribution >= 4 is 22.9 Å². The number of aromatic hydroxyl groups is 1. The van der Waals surface area contributed by atoms with E-state index in [-0.39, 0.29) is 0 Å². The molecule has 0 amide bonds. The Morgan fingerprint density at radius 1 is 1.04 bits per heavy atom. The topological polar surface area (TPSA) is 86.2 Å². The predicted molar refractivity (Wildman–Crippen MR) is 80.8 cm³/mol. The van der Waals surface area contributed by atoms with Gasteiger partial charge >= 0.3 is 0 Å². The highest BCUT2D eigenvalue weighted by Crippen LogP contribution is 2.33. The van der Waals surface area contributed by atoms with Crippen molar-refractivity contribution in [3.8, 4) is 5.75 Å². The number of nitrogens with one attached hydrogen (secondary N) is 1. The normalized spacial score (nSPS) is 11.9. The summed E-state index contributed by atoms with van der Waals surface area (Å²) < 4.78 is 53.5. The third-order valence-corrected chi connectivity index (χ3v) is 3.40. The molecular weight excluding hydrogens is 344 g/mol. The molecule has 3 rings (SSSR count). The zero-order chi connectivity index (χ0) is 18.3. The first-order valence-corrected chi connectivity index (χ1v) is 6.76. The Bertz CT molecular complexity index is 1060. The van der Waals surface area contributed by atoms with Crippen LogP contribution >= 0.6 is 0 Å². The molecule has 3 N–H and O–H groups in total. The molecule has 9 heteroatoms. The lowest BCUT2D eigenvalue weighted by Gasteiger charge is -2.08. The number of phenols is 1. The molecule has 0 aliphatic heterocycles. The molecule has 2 aromatic carbocycles. The van der Waals surface area contributed by atoms with Gasteiger partial charge in [0.15, 0.2) is 17.4 Å². The quantitative estimate of drug-likeness (QED) is 0.286. The number of H-pyrrole nitrogens is 1. The lowest BCUT2D eigenvalue weighted by molar-refractivity contribution is 0.358. The first-order valence-electron chi connectivity index (χ1n) is 6.76. The van der Waals surface area contributed by atoms with Gasteiger partial charge in [0.1, 0.15) is 17.0 Å². The van der Waals surface area contributed by atoms with Gasteiger partial charge in [0.05, 0.1) is 11.0 Å². The highest BCUT2D eigenvalue weighted by Gasteiger charge is 2.27. The van der Waals surface area contributed by atoms with E-state index < -0.39 is 51.6 Å². The Morgan fingerprint density at radius 3 is 2.40 bits per heavy atom. The summed E-state index contributed by atoms with van der Waals surface area (Å²) in [6, 6.07) is 6.36. The largest absolute Gasteiger partial charge is 0.507 e. The van der Waals surface area contributed by atoms with Gasteiger partial charge in [-0.1, -0.05) is 12.1 Å². The van der Waals surface area contributed by atoms with E-state index in [1.807, 2.05) is 0 Å². The summed E-state index contributed by atoms with van der Waals surface area (Å²) in [7, 11) is 0. The van der Waals surface area contributed by atoms with Gasteiger partial charge < -0.3 is 15.2 Å². The molecular formula is C16H8F4N2O3. The summed E-state index contributed by atoms with van der Waals surface area (Å²) in [5, 5.41) is 19.3. The summed E-state index contributed by atoms with van der Waals surface area (Å²) >= 11 is 0. The summed E-state index contributed by atoms with van der Waals surface area (Å²) in [5.41, 5.74) is -1.82. The molecule has 0 spiro atoms. The van der Waals surface area contributed by atoms with E-state index in [4.69, 9.17) is 0 Å². The lowest BCUT2D eigenvalue weighted by atomic mass is 10.1. The fourth-order valence-corrected chi connectivity index (χ4v) is 2.20. The molecule has 1 heterocycles. The highest BCUT2D eigenvalue weighted by molar-refractivity contribution is 5.81. The summed E-state index contributed by atoms with van der Waals surface area (Å²) in [4.78, 5) is 18.3. The molecule has 0 fully saturated rings. The van der Waals surface area contributed by atoms with Crippen LogP contribution in [0.1, 0.15) is 11.3 Å². The van der Waals surface area contributed by atoms with E-state index in [9.17, 15) is 32.6 Å². The van der Waals surface area contributed by atoms with E-state index in [0.717, 1.165) is 0 Å². The second-order valence-electron chi connectivity index (χ2n) is 4.98. The van der Waals surface area contributed by atoms with Crippen LogP contribution in [0.15, 0.2) is 29.1 Å². The van der Waals surface area contributed by atoms with Crippen molar-refractivity contribution in [2.75, 3.05) is 0 Å². The van der Waals surface area contributed by atoms with Crippen LogP contribution in [-0.2, 0) is 0 Å². The smallest absolute Gasteiger partial charge is 0.274 e. The maximum absolute atomic E-state index is 13.8. The number of rotatable bonds is 2. The van der Waals surface area contributed by atoms with E-state index in [1.165, 1.54) is 6.07 Å². The molecule has 5 nitrogen and oxygen atoms in total. The first-order chi connectivity index (χ1) is 11.8. The summed E-state index contributed by atoms with van der Waals surface area (Å²) in [6.07, 6.45) is 0.597. The van der Waals surface area contributed by atoms with E-state index in [1.54, 1.807) is 18.2 Å². The van der Waals surface area contributed by atoms with Gasteiger partial charge in [0, 0.05) is 6.08 Å². The number of para-hydroxylation sites is 2. The number of halogens is 4. The Hall–Kier alpha value is -3.36. The Balaban J connectivity index is 2.21. The van der Waals surface area contributed by atoms with Crippen molar-refractivity contribution < 1.29 is 27.8 Å². The Kier molecular flexibility index (Phi) is 3.91. The van der Waals surface area contributed by atoms with Crippen molar-refractivity contribution in [1.29, 1.82) is 0 Å². The molecule has 0 bridgehead atoms. The minimum Gasteiger partial charge on any atom is -0.507 e. The van der Waals surface area contributed by atoms with Gasteiger partial charge in [0.2, 0.25) is 11.6 Å². The maximum atomic E-state index is 13.8. The molecule has 0 saturated heterocycles. The van der Waals surface area contributed by atoms with E-state index >= 15 is 0 Å². The number of phenolic OH excluding ortho intramolecular Hbond substituents is 1. The number of aromatic amines is 1. The van der Waals surface area contributed by atoms with Crippen LogP contribution in [0, 0.1) is 23.3 Å². The molecule has 0 radical (unpaired) electrons. The minimum absolute atomic E-state index is 0.322. The number of fused-ring (bicyclic) bond motifs is 1. The number of aliphatic hydroxyl groups excluding tert-OH is 1. The Labute approximate surface area is 136 Å². The molecule has 0 atom stereocenters. The first kappa shape index (κ1) is 16.5. The van der Waals surface area contributed by atoms with Crippen molar-refractivity contribution in [3.05, 3.63) is 69.1 Å². The zero-order valence-electron chi connectivity index (χ0n) is 12.1. The SMILES string of the molecule is O=c1[nH]c2ccccc2nc1/C=C(\O)c1c(O)c(F)c(F)c(F)c1F. The van der Waals surface area contributed by atoms with Gasteiger partial charge in [0.25, 0.3) is 5.56 Å². The molecule has 25 heavy (non-hydrogen) atoms. The van der Waals surface area contributed by atoms with E-state index in [2.05, 4.69) is 9.97 Å². The fraction of sp³-hybridized carbons (Fsp3) is 0. The third kappa shape index (κ3) is 2.69. The number of hydrogen-bond donors (Lipinski definition) is 3. The predicted octanol–water partition coefficient (Wildman–Crippen LogP) is 3.24. The zero-order valence-corrected chi connectivity index (χ0v) is 12.1. The average molecular weight is 352 g/mol. The molecule has 3 aromatic rings. The van der Waals surface area contributed by atoms with Crippen LogP contribution in [-0.4, -0.2) is 20.2 Å². The van der Waals surface area contributed by atoms with Crippen LogP contribution in [0.4, 0.5) is 17.6 Å². The van der Waals surface area contributed by atoms with Gasteiger partial charge in [-0.25, -0.2) is 18.2 Å². The van der Waals surface area contributed by atoms with Crippen LogP contribution in [0.2, 0.25) is 0 Å². The van der Waals surface area contributed by atoms with Crippen molar-refractivity contribution in [3.63, 3.8) is 0 Å². The van der Waals surface area contributed by atoms with Gasteiger partial charge in [-0.15, -0.1) is 0 Å². The molecule has 1 aromatic heterocycles. The number of nitrogens with zero attached hydrogens (tertiary/aromatic N) is 1. The van der Waals surface area contributed by atoms with Crippen LogP contribution < -0.4 is 5.56 Å². The Morgan fingerprint density at radius 2 is 1.68 bits per heavy atom. The summed E-state index contributed by atoms with van der Waals surface area (Å²) in [6.45, 7) is 0. The van der Waals surface area contributed by atoms with Gasteiger partial charge in [-0.3, -0.25) is 4.79 Å². The second-order valence-corrected chi connectivity index (χ2v) is 4.98. The standard InChI is InChI=1S/C16H8F4N2O3/c17-11-10(15(24)14(20)13(19)12(11)18)9(23)5-8-16(25)22-7-4-2-1-3-6(7)21-8/h1-5,23-24H,(H,22,25)/b9-5-. The molecule has 0 unspecified atom stereocenters. The van der Waals surface area contributed by atoms with E-state index in [0.29, 0.717) is 17.1 Å². The van der Waals surface area contributed by atoms with Crippen molar-refractivity contribution in [2.45, 2.75) is 0 Å². The van der Waals surface area contributed by atoms with Crippen LogP contribution in [0.5, 0.6) is 5.75 Å². The lowest BCUT2D eigenvalue weighted by Crippen LogP contribution is -2.12. The minimum atomic E-state index is -2.23. The summed E-state index contributed by atoms with van der Waals surface area (Å²) in [5.74, 6) is -11.4. The highest BCUT2D eigenvalue weighted by atomic mass is 19.2. The second kappa shape index (κ2) is 5.93. The van der Waals surface area contributed by atoms with Gasteiger partial charge in [-0.2, -0.15) is 4.39 Å². The molecule has 128 valence electrons. The number of aromatic nitrogens is 2. The molecule has 0 saturated carbocycles. The van der Waals surface area contributed by atoms with Gasteiger partial charge in [-0.05, 0) is 12.1 Å². The maximum Gasteiger partial charge on any atom is 0.274 e. The van der Waals surface area contributed by atoms with Crippen molar-refractivity contribution in [2.24, 2.45) is 0 Å². The van der Waals surface area contributed by atoms with Crippen LogP contribution in [0.25, 0.3) is 22.9 Å². The molecule has 0 aliphatic carbocycles. The monoisotopic (exact) mass is 352 g/mol. The fourth-order valence-electron chi connectivity index (χ4n) is 2.20. The third-order valence-electron chi connectivity index (χ3n) is 3.40. The molecule has 0 aliphatic rings. The average Bonchev–Trinajstić information content (AvgIpc) is 2.59. The number of hydrogen-bond acceptors (Lipinski definition) is 4.